The number of fused-ring (bicyclic) bond motifs is 1. The largest absolute Gasteiger partial charge is 0.458 e. The normalized spacial score (nSPS) is 22.9. The van der Waals surface area contributed by atoms with Gasteiger partial charge in [-0.3, -0.25) is 5.10 Å². The molecule has 1 aliphatic carbocycles. The van der Waals surface area contributed by atoms with E-state index in [1.165, 1.54) is 17.0 Å². The molecule has 1 aromatic carbocycles. The Kier molecular flexibility index (Phi) is 7.89. The van der Waals surface area contributed by atoms with Crippen LogP contribution in [0.25, 0.3) is 17.0 Å². The molecule has 0 aliphatic heterocycles. The van der Waals surface area contributed by atoms with Gasteiger partial charge < -0.3 is 13.9 Å². The van der Waals surface area contributed by atoms with E-state index in [0.717, 1.165) is 10.5 Å². The number of pyridine rings is 1. The number of ether oxygens (including phenoxy) is 2. The Hall–Kier alpha value is -5.37. The molecule has 5 aromatic rings. The number of aromatic amines is 1. The fraction of sp³-hybridized carbons (Fsp3) is 0.324. The molecule has 4 aromatic heterocycles. The van der Waals surface area contributed by atoms with Crippen molar-refractivity contribution in [2.45, 2.75) is 40.7 Å². The Balaban J connectivity index is 1.45. The zero-order valence-electron chi connectivity index (χ0n) is 25.7. The summed E-state index contributed by atoms with van der Waals surface area (Å²) in [6, 6.07) is 19.6. The number of hydrogen-bond donors (Lipinski definition) is 1. The van der Waals surface area contributed by atoms with Gasteiger partial charge in [0.1, 0.15) is 29.1 Å². The van der Waals surface area contributed by atoms with Gasteiger partial charge in [0, 0.05) is 17.8 Å². The summed E-state index contributed by atoms with van der Waals surface area (Å²) in [7, 11) is 0. The van der Waals surface area contributed by atoms with Gasteiger partial charge in [-0.2, -0.15) is 10.2 Å². The molecule has 1 fully saturated rings. The standard InChI is InChI=1S/C34H34N6O5/c1-19-20(2)22(4)29(23(5)21(19)3)44-33(41)28-25(18-35)32(40-31(28)37-30(38-40)24-12-7-6-8-13-24)45-34(42)39(27-15-11-17-43-27)26-14-9-10-16-36-26/h6-17,19-23,29H,1-5H3,(H,37,38). The van der Waals surface area contributed by atoms with Crippen LogP contribution in [0.2, 0.25) is 0 Å². The second-order valence-corrected chi connectivity index (χ2v) is 11.8. The Bertz CT molecular complexity index is 1840. The first-order valence-electron chi connectivity index (χ1n) is 15.0. The van der Waals surface area contributed by atoms with E-state index < -0.39 is 12.1 Å². The van der Waals surface area contributed by atoms with Crippen molar-refractivity contribution in [1.82, 2.24) is 19.6 Å². The van der Waals surface area contributed by atoms with Crippen molar-refractivity contribution in [3.8, 4) is 23.3 Å². The van der Waals surface area contributed by atoms with Gasteiger partial charge in [-0.1, -0.05) is 71.0 Å². The average molecular weight is 607 g/mol. The lowest BCUT2D eigenvalue weighted by atomic mass is 9.63. The molecule has 1 amide bonds. The number of nitriles is 1. The molecule has 0 spiro atoms. The van der Waals surface area contributed by atoms with E-state index in [0.29, 0.717) is 23.6 Å². The van der Waals surface area contributed by atoms with Crippen LogP contribution in [0.3, 0.4) is 0 Å². The lowest BCUT2D eigenvalue weighted by Crippen LogP contribution is -2.46. The number of carbonyl (C=O) groups excluding carboxylic acids is 2. The highest BCUT2D eigenvalue weighted by atomic mass is 16.6. The van der Waals surface area contributed by atoms with E-state index in [4.69, 9.17) is 13.9 Å². The lowest BCUT2D eigenvalue weighted by molar-refractivity contribution is -0.0683. The van der Waals surface area contributed by atoms with E-state index in [1.807, 2.05) is 30.3 Å². The number of H-pyrrole nitrogens is 1. The van der Waals surface area contributed by atoms with E-state index in [9.17, 15) is 14.9 Å². The highest BCUT2D eigenvalue weighted by Crippen LogP contribution is 2.44. The smallest absolute Gasteiger partial charge is 0.429 e. The number of aromatic nitrogens is 4. The summed E-state index contributed by atoms with van der Waals surface area (Å²) in [6.45, 7) is 10.8. The molecule has 230 valence electrons. The van der Waals surface area contributed by atoms with Gasteiger partial charge >= 0.3 is 12.1 Å². The number of amides is 1. The third kappa shape index (κ3) is 5.22. The summed E-state index contributed by atoms with van der Waals surface area (Å²) < 4.78 is 19.0. The summed E-state index contributed by atoms with van der Waals surface area (Å²) in [6.07, 6.45) is 1.65. The number of esters is 1. The molecule has 0 bridgehead atoms. The summed E-state index contributed by atoms with van der Waals surface area (Å²) in [5.41, 5.74) is 0.566. The topological polar surface area (TPSA) is 139 Å². The average Bonchev–Trinajstić information content (AvgIpc) is 3.80. The molecule has 0 radical (unpaired) electrons. The number of nitrogens with one attached hydrogen (secondary N) is 1. The van der Waals surface area contributed by atoms with Crippen molar-refractivity contribution in [3.05, 3.63) is 84.3 Å². The third-order valence-electron chi connectivity index (χ3n) is 9.47. The fourth-order valence-corrected chi connectivity index (χ4v) is 6.32. The number of furan rings is 1. The van der Waals surface area contributed by atoms with E-state index >= 15 is 0 Å². The SMILES string of the molecule is CC1C(C)C(C)C(OC(=O)c2c(C#N)c(OC(=O)N(c3ccccn3)c3ccco3)n3[nH]c(-c4ccccc4)nc23)C(C)C1C. The maximum absolute atomic E-state index is 14.1. The van der Waals surface area contributed by atoms with Crippen LogP contribution < -0.4 is 9.64 Å². The van der Waals surface area contributed by atoms with Gasteiger partial charge in [-0.05, 0) is 47.8 Å². The van der Waals surface area contributed by atoms with Crippen molar-refractivity contribution in [1.29, 1.82) is 5.26 Å². The first kappa shape index (κ1) is 29.7. The van der Waals surface area contributed by atoms with Crippen LogP contribution in [0.4, 0.5) is 16.5 Å². The minimum atomic E-state index is -0.915. The molecule has 4 atom stereocenters. The van der Waals surface area contributed by atoms with Gasteiger partial charge in [0.25, 0.3) is 0 Å². The molecule has 11 nitrogen and oxygen atoms in total. The fourth-order valence-electron chi connectivity index (χ4n) is 6.32. The van der Waals surface area contributed by atoms with Crippen molar-refractivity contribution >= 4 is 29.4 Å². The van der Waals surface area contributed by atoms with Crippen molar-refractivity contribution in [2.75, 3.05) is 4.90 Å². The quantitative estimate of drug-likeness (QED) is 0.200. The molecule has 4 unspecified atom stereocenters. The van der Waals surface area contributed by atoms with E-state index in [1.54, 1.807) is 30.3 Å². The van der Waals surface area contributed by atoms with Crippen LogP contribution in [0.5, 0.6) is 5.88 Å². The van der Waals surface area contributed by atoms with E-state index in [-0.39, 0.29) is 52.3 Å². The molecule has 4 heterocycles. The van der Waals surface area contributed by atoms with Crippen LogP contribution in [0.15, 0.2) is 77.5 Å². The van der Waals surface area contributed by atoms with Gasteiger partial charge in [-0.25, -0.2) is 24.1 Å². The Labute approximate surface area is 260 Å². The summed E-state index contributed by atoms with van der Waals surface area (Å²) in [4.78, 5) is 38.0. The Morgan fingerprint density at radius 2 is 1.62 bits per heavy atom. The molecule has 6 rings (SSSR count). The molecule has 11 heteroatoms. The maximum Gasteiger partial charge on any atom is 0.429 e. The number of carbonyl (C=O) groups is 2. The lowest BCUT2D eigenvalue weighted by Gasteiger charge is -2.46. The predicted molar refractivity (Wildman–Crippen MR) is 166 cm³/mol. The van der Waals surface area contributed by atoms with Crippen molar-refractivity contribution < 1.29 is 23.5 Å². The number of nitrogens with zero attached hydrogens (tertiary/aromatic N) is 5. The molecular formula is C34H34N6O5. The van der Waals surface area contributed by atoms with Gasteiger partial charge in [0.2, 0.25) is 11.8 Å². The molecule has 1 N–H and O–H groups in total. The monoisotopic (exact) mass is 606 g/mol. The number of anilines is 2. The predicted octanol–water partition coefficient (Wildman–Crippen LogP) is 7.25. The van der Waals surface area contributed by atoms with Crippen LogP contribution in [-0.4, -0.2) is 37.7 Å². The van der Waals surface area contributed by atoms with E-state index in [2.05, 4.69) is 55.8 Å². The molecular weight excluding hydrogens is 572 g/mol. The Morgan fingerprint density at radius 1 is 0.933 bits per heavy atom. The van der Waals surface area contributed by atoms with Crippen LogP contribution in [0.1, 0.15) is 50.5 Å². The number of rotatable bonds is 6. The highest BCUT2D eigenvalue weighted by molar-refractivity contribution is 6.02. The summed E-state index contributed by atoms with van der Waals surface area (Å²) in [5.74, 6) is 1.16. The first-order valence-corrected chi connectivity index (χ1v) is 15.0. The Morgan fingerprint density at radius 3 is 2.24 bits per heavy atom. The molecule has 0 saturated heterocycles. The van der Waals surface area contributed by atoms with Crippen LogP contribution in [-0.2, 0) is 4.74 Å². The molecule has 45 heavy (non-hydrogen) atoms. The number of benzene rings is 1. The van der Waals surface area contributed by atoms with Gasteiger partial charge in [-0.15, -0.1) is 0 Å². The first-order chi connectivity index (χ1) is 21.7. The second-order valence-electron chi connectivity index (χ2n) is 11.8. The maximum atomic E-state index is 14.1. The summed E-state index contributed by atoms with van der Waals surface area (Å²) in [5, 5.41) is 13.5. The second kappa shape index (κ2) is 12.0. The zero-order valence-corrected chi connectivity index (χ0v) is 25.7. The highest BCUT2D eigenvalue weighted by Gasteiger charge is 2.44. The zero-order chi connectivity index (χ0) is 31.8. The van der Waals surface area contributed by atoms with Gasteiger partial charge in [0.05, 0.1) is 6.26 Å². The van der Waals surface area contributed by atoms with Gasteiger partial charge in [0.15, 0.2) is 11.5 Å². The minimum Gasteiger partial charge on any atom is -0.458 e. The van der Waals surface area contributed by atoms with Crippen LogP contribution >= 0.6 is 0 Å². The van der Waals surface area contributed by atoms with Crippen molar-refractivity contribution in [2.24, 2.45) is 29.6 Å². The molecule has 1 saturated carbocycles. The molecule has 1 aliphatic rings. The summed E-state index contributed by atoms with van der Waals surface area (Å²) >= 11 is 0. The number of hydrogen-bond acceptors (Lipinski definition) is 8. The van der Waals surface area contributed by atoms with Crippen LogP contribution in [0, 0.1) is 40.9 Å². The van der Waals surface area contributed by atoms with Crippen molar-refractivity contribution in [3.63, 3.8) is 0 Å². The minimum absolute atomic E-state index is 0.0838. The third-order valence-corrected chi connectivity index (χ3v) is 9.47.